The van der Waals surface area contributed by atoms with Crippen molar-refractivity contribution in [2.75, 3.05) is 47.5 Å². The summed E-state index contributed by atoms with van der Waals surface area (Å²) in [6.07, 6.45) is 28.2. The molecule has 0 aromatic carbocycles. The normalized spacial score (nSPS) is 19.4. The number of Topliss-reactive ketones (excluding diaryl/α,β-unsaturated/α-hetero) is 1. The van der Waals surface area contributed by atoms with Gasteiger partial charge in [-0.25, -0.2) is 0 Å². The van der Waals surface area contributed by atoms with Crippen LogP contribution in [0.2, 0.25) is 0 Å². The molecule has 0 saturated heterocycles. The Bertz CT molecular complexity index is 1220. The van der Waals surface area contributed by atoms with Gasteiger partial charge in [-0.2, -0.15) is 0 Å². The zero-order valence-corrected chi connectivity index (χ0v) is 38.6. The number of phosphoric acid groups is 1. The molecule has 59 heavy (non-hydrogen) atoms. The van der Waals surface area contributed by atoms with Gasteiger partial charge in [0.05, 0.1) is 40.0 Å². The summed E-state index contributed by atoms with van der Waals surface area (Å²) in [4.78, 5) is 50.3. The van der Waals surface area contributed by atoms with Crippen LogP contribution < -0.4 is 4.89 Å². The van der Waals surface area contributed by atoms with Crippen LogP contribution >= 0.6 is 7.82 Å². The molecular weight excluding hydrogens is 773 g/mol. The van der Waals surface area contributed by atoms with Crippen molar-refractivity contribution in [3.63, 3.8) is 0 Å². The summed E-state index contributed by atoms with van der Waals surface area (Å²) >= 11 is 0. The van der Waals surface area contributed by atoms with Crippen LogP contribution in [-0.4, -0.2) is 98.2 Å². The van der Waals surface area contributed by atoms with Crippen molar-refractivity contribution in [1.29, 1.82) is 0 Å². The number of phosphoric ester groups is 1. The van der Waals surface area contributed by atoms with E-state index in [1.165, 1.54) is 38.5 Å². The lowest BCUT2D eigenvalue weighted by atomic mass is 9.88. The average Bonchev–Trinajstić information content (AvgIpc) is 3.44. The molecule has 0 aromatic rings. The van der Waals surface area contributed by atoms with E-state index in [0.29, 0.717) is 36.7 Å². The van der Waals surface area contributed by atoms with Gasteiger partial charge in [0, 0.05) is 25.2 Å². The smallest absolute Gasteiger partial charge is 0.306 e. The number of ether oxygens (including phenoxy) is 2. The molecule has 0 heterocycles. The molecule has 1 saturated carbocycles. The molecule has 0 amide bonds. The lowest BCUT2D eigenvalue weighted by Gasteiger charge is -2.28. The fourth-order valence-electron chi connectivity index (χ4n) is 7.14. The number of carbonyl (C=O) groups excluding carboxylic acids is 3. The van der Waals surface area contributed by atoms with E-state index < -0.39 is 50.6 Å². The number of quaternary nitrogens is 1. The van der Waals surface area contributed by atoms with E-state index in [4.69, 9.17) is 18.5 Å². The highest BCUT2D eigenvalue weighted by Crippen LogP contribution is 2.38. The van der Waals surface area contributed by atoms with Crippen molar-refractivity contribution in [3.8, 4) is 0 Å². The number of aliphatic hydroxyl groups is 2. The Morgan fingerprint density at radius 3 is 1.98 bits per heavy atom. The van der Waals surface area contributed by atoms with Crippen molar-refractivity contribution in [3.05, 3.63) is 24.3 Å². The maximum Gasteiger partial charge on any atom is 0.306 e. The van der Waals surface area contributed by atoms with Crippen LogP contribution in [0, 0.1) is 11.8 Å². The van der Waals surface area contributed by atoms with E-state index in [1.54, 1.807) is 12.2 Å². The Balaban J connectivity index is 2.46. The minimum atomic E-state index is -4.68. The Labute approximate surface area is 358 Å². The van der Waals surface area contributed by atoms with Crippen molar-refractivity contribution in [2.45, 2.75) is 193 Å². The Hall–Kier alpha value is -1.92. The monoisotopic (exact) mass is 858 g/mol. The number of unbranched alkanes of at least 4 members (excludes halogenated alkanes) is 16. The van der Waals surface area contributed by atoms with Crippen LogP contribution in [0.3, 0.4) is 0 Å². The molecule has 344 valence electrons. The van der Waals surface area contributed by atoms with Gasteiger partial charge in [-0.1, -0.05) is 128 Å². The van der Waals surface area contributed by atoms with Gasteiger partial charge in [0.1, 0.15) is 25.5 Å². The van der Waals surface area contributed by atoms with Crippen molar-refractivity contribution >= 4 is 25.5 Å². The number of aliphatic hydroxyl groups excluding tert-OH is 2. The zero-order valence-electron chi connectivity index (χ0n) is 37.7. The molecule has 12 nitrogen and oxygen atoms in total. The number of allylic oxidation sites excluding steroid dienone is 3. The second kappa shape index (κ2) is 33.7. The van der Waals surface area contributed by atoms with Gasteiger partial charge in [-0.15, -0.1) is 0 Å². The first-order valence-electron chi connectivity index (χ1n) is 23.1. The topological polar surface area (TPSA) is 169 Å². The molecule has 0 aromatic heterocycles. The lowest BCUT2D eigenvalue weighted by Crippen LogP contribution is -2.37. The first kappa shape index (κ1) is 55.1. The fraction of sp³-hybridized carbons (Fsp3) is 0.848. The Morgan fingerprint density at radius 1 is 0.797 bits per heavy atom. The number of esters is 2. The molecule has 0 bridgehead atoms. The fourth-order valence-corrected chi connectivity index (χ4v) is 7.87. The van der Waals surface area contributed by atoms with Crippen LogP contribution in [0.5, 0.6) is 0 Å². The lowest BCUT2D eigenvalue weighted by molar-refractivity contribution is -0.870. The first-order chi connectivity index (χ1) is 28.2. The molecule has 1 unspecified atom stereocenters. The first-order valence-corrected chi connectivity index (χ1v) is 24.6. The highest BCUT2D eigenvalue weighted by Gasteiger charge is 2.39. The number of hydrogen-bond donors (Lipinski definition) is 2. The van der Waals surface area contributed by atoms with Crippen LogP contribution in [0.4, 0.5) is 0 Å². The zero-order chi connectivity index (χ0) is 43.8. The predicted molar refractivity (Wildman–Crippen MR) is 232 cm³/mol. The number of nitrogens with zero attached hydrogens (tertiary/aromatic N) is 1. The number of ketones is 1. The van der Waals surface area contributed by atoms with Crippen molar-refractivity contribution in [1.82, 2.24) is 0 Å². The quantitative estimate of drug-likeness (QED) is 0.0200. The number of likely N-dealkylation sites (N-methyl/N-ethyl adjacent to an activating group) is 1. The van der Waals surface area contributed by atoms with Gasteiger partial charge in [-0.3, -0.25) is 18.9 Å². The third-order valence-corrected chi connectivity index (χ3v) is 11.8. The third-order valence-electron chi connectivity index (χ3n) is 10.9. The van der Waals surface area contributed by atoms with E-state index in [1.807, 2.05) is 21.1 Å². The summed E-state index contributed by atoms with van der Waals surface area (Å²) in [6.45, 7) is 3.84. The largest absolute Gasteiger partial charge is 0.756 e. The molecule has 0 radical (unpaired) electrons. The minimum Gasteiger partial charge on any atom is -0.756 e. The Morgan fingerprint density at radius 2 is 1.36 bits per heavy atom. The van der Waals surface area contributed by atoms with Gasteiger partial charge in [0.25, 0.3) is 7.82 Å². The van der Waals surface area contributed by atoms with E-state index in [2.05, 4.69) is 26.0 Å². The maximum atomic E-state index is 12.7. The van der Waals surface area contributed by atoms with Crippen molar-refractivity contribution < 1.29 is 57.1 Å². The molecular formula is C46H84NO11P. The van der Waals surface area contributed by atoms with Crippen molar-refractivity contribution in [2.24, 2.45) is 11.8 Å². The highest BCUT2D eigenvalue weighted by molar-refractivity contribution is 7.45. The molecule has 13 heteroatoms. The van der Waals surface area contributed by atoms with E-state index >= 15 is 0 Å². The van der Waals surface area contributed by atoms with Gasteiger partial charge in [0.15, 0.2) is 6.10 Å². The van der Waals surface area contributed by atoms with Gasteiger partial charge in [0.2, 0.25) is 0 Å². The SMILES string of the molecule is CCCCCCCC/C=C\CCCCCCCC(=O)O[C@H](COC(=O)CCCCCC[C@H]1[C@@H](O)CC(=O)[C@@H]1/C=C/[C@@H](O)CCCCC)COP(=O)([O-])OCC[N+](C)(C)C. The van der Waals surface area contributed by atoms with Crippen LogP contribution in [0.15, 0.2) is 24.3 Å². The van der Waals surface area contributed by atoms with Gasteiger partial charge in [-0.05, 0) is 57.3 Å². The third kappa shape index (κ3) is 30.7. The van der Waals surface area contributed by atoms with Crippen LogP contribution in [-0.2, 0) is 37.5 Å². The summed E-state index contributed by atoms with van der Waals surface area (Å²) in [7, 11) is 1.03. The van der Waals surface area contributed by atoms with Crippen LogP contribution in [0.25, 0.3) is 0 Å². The summed E-state index contributed by atoms with van der Waals surface area (Å²) in [5.41, 5.74) is 0. The second-order valence-corrected chi connectivity index (χ2v) is 19.0. The summed E-state index contributed by atoms with van der Waals surface area (Å²) in [5.74, 6) is -1.57. The minimum absolute atomic E-state index is 0.00477. The average molecular weight is 858 g/mol. The van der Waals surface area contributed by atoms with Gasteiger partial charge >= 0.3 is 11.9 Å². The van der Waals surface area contributed by atoms with E-state index in [0.717, 1.165) is 77.0 Å². The predicted octanol–water partition coefficient (Wildman–Crippen LogP) is 9.09. The second-order valence-electron chi connectivity index (χ2n) is 17.5. The molecule has 6 atom stereocenters. The van der Waals surface area contributed by atoms with E-state index in [-0.39, 0.29) is 44.2 Å². The molecule has 1 aliphatic rings. The number of rotatable bonds is 38. The molecule has 2 N–H and O–H groups in total. The van der Waals surface area contributed by atoms with Gasteiger partial charge < -0.3 is 38.1 Å². The molecule has 1 fully saturated rings. The number of hydrogen-bond acceptors (Lipinski definition) is 11. The standard InChI is InChI=1S/C46H84NO11P/c1-6-8-10-11-12-13-14-15-16-17-18-19-20-21-27-31-46(52)58-40(38-57-59(53,54)56-35-34-47(3,4)5)37-55-45(51)30-26-23-22-25-29-41-42(44(50)36-43(41)49)33-32-39(48)28-24-9-7-2/h15-16,32-33,39-43,48-49H,6-14,17-31,34-38H2,1-5H3/b16-15-,33-32+/t39-,40+,41+,42+,43-/m0/s1. The highest BCUT2D eigenvalue weighted by atomic mass is 31.2. The van der Waals surface area contributed by atoms with E-state index in [9.17, 15) is 34.1 Å². The molecule has 0 aliphatic heterocycles. The summed E-state index contributed by atoms with van der Waals surface area (Å²) in [5, 5.41) is 20.8. The van der Waals surface area contributed by atoms with Crippen LogP contribution in [0.1, 0.15) is 174 Å². The molecule has 1 aliphatic carbocycles. The maximum absolute atomic E-state index is 12.7. The Kier molecular flexibility index (Phi) is 31.4. The number of carbonyl (C=O) groups is 3. The molecule has 1 rings (SSSR count). The molecule has 0 spiro atoms. The summed E-state index contributed by atoms with van der Waals surface area (Å²) < 4.78 is 33.9. The summed E-state index contributed by atoms with van der Waals surface area (Å²) in [6, 6.07) is 0.